The largest absolute Gasteiger partial charge is 0.461 e. The van der Waals surface area contributed by atoms with Gasteiger partial charge in [-0.1, -0.05) is 44.2 Å². The zero-order valence-electron chi connectivity index (χ0n) is 8.91. The van der Waals surface area contributed by atoms with Crippen molar-refractivity contribution >= 4 is 5.97 Å². The summed E-state index contributed by atoms with van der Waals surface area (Å²) in [5.74, 6) is -0.244. The predicted molar refractivity (Wildman–Crippen MR) is 56.8 cm³/mol. The summed E-state index contributed by atoms with van der Waals surface area (Å²) in [7, 11) is 0. The Bertz CT molecular complexity index is 306. The molecule has 0 aromatic rings. The van der Waals surface area contributed by atoms with Crippen LogP contribution in [0.5, 0.6) is 0 Å². The molecule has 0 saturated heterocycles. The van der Waals surface area contributed by atoms with Crippen molar-refractivity contribution in [2.24, 2.45) is 5.41 Å². The number of rotatable bonds is 2. The molecule has 0 radical (unpaired) electrons. The molecule has 0 saturated carbocycles. The topological polar surface area (TPSA) is 26.3 Å². The lowest BCUT2D eigenvalue weighted by Crippen LogP contribution is -2.03. The molecule has 0 fully saturated rings. The molecule has 0 N–H and O–H groups in total. The van der Waals surface area contributed by atoms with Gasteiger partial charge in [0.2, 0.25) is 0 Å². The van der Waals surface area contributed by atoms with Crippen LogP contribution in [-0.4, -0.2) is 12.6 Å². The Hall–Kier alpha value is -1.31. The second-order valence-electron chi connectivity index (χ2n) is 4.04. The summed E-state index contributed by atoms with van der Waals surface area (Å²) in [6.45, 7) is 6.03. The van der Waals surface area contributed by atoms with E-state index in [-0.39, 0.29) is 11.4 Å². The molecule has 0 heterocycles. The first kappa shape index (κ1) is 10.8. The summed E-state index contributed by atoms with van der Waals surface area (Å²) < 4.78 is 4.91. The fraction of sp³-hybridized carbons (Fsp3) is 0.417. The molecule has 2 heteroatoms. The van der Waals surface area contributed by atoms with E-state index in [1.807, 2.05) is 18.2 Å². The molecular formula is C12H16O2. The Morgan fingerprint density at radius 3 is 2.79 bits per heavy atom. The van der Waals surface area contributed by atoms with Crippen molar-refractivity contribution in [3.05, 3.63) is 36.0 Å². The Morgan fingerprint density at radius 1 is 1.43 bits per heavy atom. The van der Waals surface area contributed by atoms with E-state index in [4.69, 9.17) is 4.74 Å². The van der Waals surface area contributed by atoms with Gasteiger partial charge in [0.05, 0.1) is 0 Å². The van der Waals surface area contributed by atoms with E-state index in [0.29, 0.717) is 6.61 Å². The molecule has 0 aromatic heterocycles. The third-order valence-electron chi connectivity index (χ3n) is 2.01. The third-order valence-corrected chi connectivity index (χ3v) is 2.01. The van der Waals surface area contributed by atoms with Crippen molar-refractivity contribution in [3.63, 3.8) is 0 Å². The van der Waals surface area contributed by atoms with Crippen molar-refractivity contribution in [1.82, 2.24) is 0 Å². The monoisotopic (exact) mass is 192 g/mol. The van der Waals surface area contributed by atoms with Gasteiger partial charge in [-0.25, -0.2) is 0 Å². The van der Waals surface area contributed by atoms with E-state index < -0.39 is 0 Å². The Kier molecular flexibility index (Phi) is 3.28. The van der Waals surface area contributed by atoms with Gasteiger partial charge in [0.15, 0.2) is 0 Å². The lowest BCUT2D eigenvalue weighted by molar-refractivity contribution is -0.139. The first-order valence-corrected chi connectivity index (χ1v) is 4.71. The number of hydrogen-bond donors (Lipinski definition) is 0. The van der Waals surface area contributed by atoms with E-state index in [1.54, 1.807) is 0 Å². The SMILES string of the molecule is CC(=O)OCC1=CC=CC(C)(C)C=C1. The fourth-order valence-corrected chi connectivity index (χ4v) is 1.13. The number of esters is 1. The highest BCUT2D eigenvalue weighted by molar-refractivity contribution is 5.66. The van der Waals surface area contributed by atoms with Crippen molar-refractivity contribution in [2.45, 2.75) is 20.8 Å². The summed E-state index contributed by atoms with van der Waals surface area (Å²) >= 11 is 0. The minimum absolute atomic E-state index is 0.0779. The highest BCUT2D eigenvalue weighted by Crippen LogP contribution is 2.22. The molecule has 1 aliphatic carbocycles. The fourth-order valence-electron chi connectivity index (χ4n) is 1.13. The molecular weight excluding hydrogens is 176 g/mol. The zero-order chi connectivity index (χ0) is 10.6. The maximum Gasteiger partial charge on any atom is 0.302 e. The third kappa shape index (κ3) is 3.60. The molecule has 1 rings (SSSR count). The van der Waals surface area contributed by atoms with E-state index in [9.17, 15) is 4.79 Å². The van der Waals surface area contributed by atoms with Crippen LogP contribution in [0.2, 0.25) is 0 Å². The molecule has 2 nitrogen and oxygen atoms in total. The van der Waals surface area contributed by atoms with E-state index in [0.717, 1.165) is 5.57 Å². The van der Waals surface area contributed by atoms with Crippen molar-refractivity contribution in [1.29, 1.82) is 0 Å². The second-order valence-corrected chi connectivity index (χ2v) is 4.04. The van der Waals surface area contributed by atoms with Crippen LogP contribution < -0.4 is 0 Å². The minimum Gasteiger partial charge on any atom is -0.461 e. The van der Waals surface area contributed by atoms with Crippen LogP contribution in [-0.2, 0) is 9.53 Å². The lowest BCUT2D eigenvalue weighted by Gasteiger charge is -2.12. The van der Waals surface area contributed by atoms with Crippen LogP contribution in [0.3, 0.4) is 0 Å². The smallest absolute Gasteiger partial charge is 0.302 e. The molecule has 0 aliphatic heterocycles. The molecule has 0 aromatic carbocycles. The van der Waals surface area contributed by atoms with E-state index >= 15 is 0 Å². The maximum absolute atomic E-state index is 10.6. The highest BCUT2D eigenvalue weighted by Gasteiger charge is 2.10. The number of ether oxygens (including phenoxy) is 1. The highest BCUT2D eigenvalue weighted by atomic mass is 16.5. The van der Waals surface area contributed by atoms with Gasteiger partial charge in [-0.3, -0.25) is 4.79 Å². The molecule has 14 heavy (non-hydrogen) atoms. The van der Waals surface area contributed by atoms with Gasteiger partial charge in [0.25, 0.3) is 0 Å². The molecule has 0 bridgehead atoms. The minimum atomic E-state index is -0.244. The van der Waals surface area contributed by atoms with E-state index in [1.165, 1.54) is 6.92 Å². The molecule has 1 aliphatic rings. The molecule has 0 spiro atoms. The average molecular weight is 192 g/mol. The van der Waals surface area contributed by atoms with Crippen LogP contribution in [0, 0.1) is 5.41 Å². The van der Waals surface area contributed by atoms with Crippen molar-refractivity contribution < 1.29 is 9.53 Å². The van der Waals surface area contributed by atoms with Crippen LogP contribution in [0.1, 0.15) is 20.8 Å². The van der Waals surface area contributed by atoms with E-state index in [2.05, 4.69) is 26.0 Å². The number of allylic oxidation sites excluding steroid dienone is 4. The van der Waals surface area contributed by atoms with Gasteiger partial charge in [-0.05, 0) is 5.57 Å². The van der Waals surface area contributed by atoms with Gasteiger partial charge in [0.1, 0.15) is 6.61 Å². The van der Waals surface area contributed by atoms with Crippen LogP contribution >= 0.6 is 0 Å². The van der Waals surface area contributed by atoms with Gasteiger partial charge in [-0.15, -0.1) is 0 Å². The number of hydrogen-bond acceptors (Lipinski definition) is 2. The van der Waals surface area contributed by atoms with Gasteiger partial charge >= 0.3 is 5.97 Å². The maximum atomic E-state index is 10.6. The summed E-state index contributed by atoms with van der Waals surface area (Å²) in [5, 5.41) is 0. The summed E-state index contributed by atoms with van der Waals surface area (Å²) in [4.78, 5) is 10.6. The van der Waals surface area contributed by atoms with Crippen molar-refractivity contribution in [3.8, 4) is 0 Å². The van der Waals surface area contributed by atoms with Gasteiger partial charge in [-0.2, -0.15) is 0 Å². The van der Waals surface area contributed by atoms with Crippen LogP contribution in [0.15, 0.2) is 36.0 Å². The second kappa shape index (κ2) is 4.27. The Balaban J connectivity index is 2.61. The number of carbonyl (C=O) groups excluding carboxylic acids is 1. The summed E-state index contributed by atoms with van der Waals surface area (Å²) in [6, 6.07) is 0. The average Bonchev–Trinajstić information content (AvgIpc) is 2.23. The van der Waals surface area contributed by atoms with Crippen LogP contribution in [0.25, 0.3) is 0 Å². The normalized spacial score (nSPS) is 18.6. The van der Waals surface area contributed by atoms with Gasteiger partial charge < -0.3 is 4.74 Å². The first-order valence-electron chi connectivity index (χ1n) is 4.71. The van der Waals surface area contributed by atoms with Gasteiger partial charge in [0, 0.05) is 12.3 Å². The van der Waals surface area contributed by atoms with Crippen LogP contribution in [0.4, 0.5) is 0 Å². The lowest BCUT2D eigenvalue weighted by atomic mass is 9.93. The molecule has 0 amide bonds. The van der Waals surface area contributed by atoms with Crippen molar-refractivity contribution in [2.75, 3.05) is 6.61 Å². The molecule has 0 atom stereocenters. The first-order chi connectivity index (χ1) is 6.49. The molecule has 0 unspecified atom stereocenters. The summed E-state index contributed by atoms with van der Waals surface area (Å²) in [5.41, 5.74) is 1.09. The molecule has 76 valence electrons. The standard InChI is InChI=1S/C12H16O2/c1-10(13)14-9-11-5-4-7-12(2,3)8-6-11/h4-8H,9H2,1-3H3. The summed E-state index contributed by atoms with van der Waals surface area (Å²) in [6.07, 6.45) is 10.2. The quantitative estimate of drug-likeness (QED) is 0.629. The Labute approximate surface area is 85.0 Å². The zero-order valence-corrected chi connectivity index (χ0v) is 8.91. The number of carbonyl (C=O) groups is 1. The predicted octanol–water partition coefficient (Wildman–Crippen LogP) is 2.63. The Morgan fingerprint density at radius 2 is 2.14 bits per heavy atom.